The second-order valence-corrected chi connectivity index (χ2v) is 5.03. The molecule has 0 fully saturated rings. The summed E-state index contributed by atoms with van der Waals surface area (Å²) in [5.74, 6) is 0. The summed E-state index contributed by atoms with van der Waals surface area (Å²) >= 11 is 3.44. The fourth-order valence-electron chi connectivity index (χ4n) is 1.29. The molecule has 2 nitrogen and oxygen atoms in total. The maximum atomic E-state index is 4.47. The van der Waals surface area contributed by atoms with Crippen LogP contribution in [0.3, 0.4) is 0 Å². The normalized spacial score (nSPS) is 10.5. The van der Waals surface area contributed by atoms with E-state index in [1.165, 1.54) is 16.8 Å². The van der Waals surface area contributed by atoms with E-state index in [1.807, 2.05) is 0 Å². The molecule has 2 heterocycles. The van der Waals surface area contributed by atoms with Crippen molar-refractivity contribution in [2.75, 3.05) is 5.32 Å². The fourth-order valence-corrected chi connectivity index (χ4v) is 2.94. The Morgan fingerprint density at radius 2 is 2.20 bits per heavy atom. The molecular weight excluding hydrogens is 224 g/mol. The lowest BCUT2D eigenvalue weighted by atomic mass is 10.2. The molecular formula is C11H14N2S2. The van der Waals surface area contributed by atoms with Gasteiger partial charge in [-0.15, -0.1) is 11.3 Å². The van der Waals surface area contributed by atoms with Crippen LogP contribution in [0.2, 0.25) is 0 Å². The molecule has 2 aromatic rings. The van der Waals surface area contributed by atoms with Gasteiger partial charge in [-0.3, -0.25) is 0 Å². The molecule has 1 N–H and O–H groups in total. The van der Waals surface area contributed by atoms with Gasteiger partial charge in [0.25, 0.3) is 0 Å². The molecule has 0 amide bonds. The molecule has 0 aromatic carbocycles. The molecule has 0 radical (unpaired) electrons. The van der Waals surface area contributed by atoms with Crippen LogP contribution in [0.1, 0.15) is 23.7 Å². The standard InChI is InChI=1S/C11H14N2S2/c1-3-10-7-15-11(13-10)12-4-9-6-14-5-8(9)2/h5-7H,3-4H2,1-2H3,(H,12,13). The van der Waals surface area contributed by atoms with Gasteiger partial charge >= 0.3 is 0 Å². The molecule has 0 spiro atoms. The zero-order valence-corrected chi connectivity index (χ0v) is 10.5. The van der Waals surface area contributed by atoms with Crippen LogP contribution in [0.5, 0.6) is 0 Å². The zero-order valence-electron chi connectivity index (χ0n) is 8.91. The summed E-state index contributed by atoms with van der Waals surface area (Å²) < 4.78 is 0. The van der Waals surface area contributed by atoms with Gasteiger partial charge in [-0.1, -0.05) is 6.92 Å². The number of nitrogens with one attached hydrogen (secondary N) is 1. The molecule has 0 aliphatic carbocycles. The largest absolute Gasteiger partial charge is 0.357 e. The first-order chi connectivity index (χ1) is 7.29. The van der Waals surface area contributed by atoms with E-state index in [1.54, 1.807) is 22.7 Å². The molecule has 2 rings (SSSR count). The molecule has 2 aromatic heterocycles. The minimum atomic E-state index is 0.881. The van der Waals surface area contributed by atoms with Crippen LogP contribution in [-0.2, 0) is 13.0 Å². The van der Waals surface area contributed by atoms with Gasteiger partial charge in [-0.05, 0) is 35.2 Å². The predicted molar refractivity (Wildman–Crippen MR) is 67.9 cm³/mol. The van der Waals surface area contributed by atoms with Gasteiger partial charge in [0.05, 0.1) is 5.69 Å². The highest BCUT2D eigenvalue weighted by Crippen LogP contribution is 2.19. The van der Waals surface area contributed by atoms with Crippen LogP contribution in [0.25, 0.3) is 0 Å². The van der Waals surface area contributed by atoms with Crippen molar-refractivity contribution < 1.29 is 0 Å². The molecule has 0 aliphatic rings. The number of hydrogen-bond acceptors (Lipinski definition) is 4. The van der Waals surface area contributed by atoms with Gasteiger partial charge in [0, 0.05) is 11.9 Å². The maximum Gasteiger partial charge on any atom is 0.183 e. The monoisotopic (exact) mass is 238 g/mol. The van der Waals surface area contributed by atoms with Crippen molar-refractivity contribution in [2.24, 2.45) is 0 Å². The topological polar surface area (TPSA) is 24.9 Å². The SMILES string of the molecule is CCc1csc(NCc2cscc2C)n1. The van der Waals surface area contributed by atoms with Crippen LogP contribution in [-0.4, -0.2) is 4.98 Å². The Labute approximate surface area is 98.0 Å². The van der Waals surface area contributed by atoms with Crippen LogP contribution < -0.4 is 5.32 Å². The van der Waals surface area contributed by atoms with Crippen LogP contribution >= 0.6 is 22.7 Å². The number of thiophene rings is 1. The Hall–Kier alpha value is -0.870. The van der Waals surface area contributed by atoms with E-state index in [0.29, 0.717) is 0 Å². The van der Waals surface area contributed by atoms with Crippen molar-refractivity contribution in [3.63, 3.8) is 0 Å². The van der Waals surface area contributed by atoms with E-state index >= 15 is 0 Å². The number of rotatable bonds is 4. The van der Waals surface area contributed by atoms with E-state index in [-0.39, 0.29) is 0 Å². The summed E-state index contributed by atoms with van der Waals surface area (Å²) in [6.45, 7) is 5.15. The average Bonchev–Trinajstić information content (AvgIpc) is 2.84. The summed E-state index contributed by atoms with van der Waals surface area (Å²) in [6.07, 6.45) is 1.01. The molecule has 0 saturated carbocycles. The summed E-state index contributed by atoms with van der Waals surface area (Å²) in [6, 6.07) is 0. The van der Waals surface area contributed by atoms with Crippen molar-refractivity contribution in [3.8, 4) is 0 Å². The summed E-state index contributed by atoms with van der Waals surface area (Å²) in [5.41, 5.74) is 3.90. The zero-order chi connectivity index (χ0) is 10.7. The summed E-state index contributed by atoms with van der Waals surface area (Å²) in [5, 5.41) is 10.9. The van der Waals surface area contributed by atoms with Crippen molar-refractivity contribution in [2.45, 2.75) is 26.8 Å². The minimum Gasteiger partial charge on any atom is -0.357 e. The third-order valence-corrected chi connectivity index (χ3v) is 4.06. The first-order valence-electron chi connectivity index (χ1n) is 4.99. The van der Waals surface area contributed by atoms with Gasteiger partial charge in [0.15, 0.2) is 5.13 Å². The quantitative estimate of drug-likeness (QED) is 0.878. The Morgan fingerprint density at radius 3 is 2.80 bits per heavy atom. The maximum absolute atomic E-state index is 4.47. The number of aromatic nitrogens is 1. The highest BCUT2D eigenvalue weighted by Gasteiger charge is 2.02. The van der Waals surface area contributed by atoms with Gasteiger partial charge < -0.3 is 5.32 Å². The van der Waals surface area contributed by atoms with E-state index in [4.69, 9.17) is 0 Å². The number of nitrogens with zero attached hydrogens (tertiary/aromatic N) is 1. The van der Waals surface area contributed by atoms with Gasteiger partial charge in [0.2, 0.25) is 0 Å². The van der Waals surface area contributed by atoms with Crippen molar-refractivity contribution in [1.82, 2.24) is 4.98 Å². The lowest BCUT2D eigenvalue weighted by Gasteiger charge is -2.01. The smallest absolute Gasteiger partial charge is 0.183 e. The molecule has 4 heteroatoms. The summed E-state index contributed by atoms with van der Waals surface area (Å²) in [4.78, 5) is 4.47. The Kier molecular flexibility index (Phi) is 3.38. The number of thiazole rings is 1. The Morgan fingerprint density at radius 1 is 1.33 bits per heavy atom. The molecule has 0 unspecified atom stereocenters. The van der Waals surface area contributed by atoms with Crippen molar-refractivity contribution in [1.29, 1.82) is 0 Å². The van der Waals surface area contributed by atoms with Crippen LogP contribution in [0.15, 0.2) is 16.1 Å². The lowest BCUT2D eigenvalue weighted by Crippen LogP contribution is -1.99. The Bertz CT molecular complexity index is 431. The third kappa shape index (κ3) is 2.58. The third-order valence-electron chi connectivity index (χ3n) is 2.31. The van der Waals surface area contributed by atoms with Crippen LogP contribution in [0, 0.1) is 6.92 Å². The molecule has 0 atom stereocenters. The molecule has 80 valence electrons. The number of aryl methyl sites for hydroxylation is 2. The van der Waals surface area contributed by atoms with Gasteiger partial charge in [-0.2, -0.15) is 11.3 Å². The second-order valence-electron chi connectivity index (χ2n) is 3.43. The van der Waals surface area contributed by atoms with E-state index in [2.05, 4.69) is 40.3 Å². The minimum absolute atomic E-state index is 0.881. The highest BCUT2D eigenvalue weighted by atomic mass is 32.1. The highest BCUT2D eigenvalue weighted by molar-refractivity contribution is 7.13. The molecule has 0 aliphatic heterocycles. The van der Waals surface area contributed by atoms with Crippen molar-refractivity contribution >= 4 is 27.8 Å². The fraction of sp³-hybridized carbons (Fsp3) is 0.364. The number of anilines is 1. The molecule has 15 heavy (non-hydrogen) atoms. The van der Waals surface area contributed by atoms with E-state index in [0.717, 1.165) is 18.1 Å². The first kappa shape index (κ1) is 10.6. The predicted octanol–water partition coefficient (Wildman–Crippen LogP) is 3.69. The lowest BCUT2D eigenvalue weighted by molar-refractivity contribution is 1.05. The van der Waals surface area contributed by atoms with Crippen molar-refractivity contribution in [3.05, 3.63) is 33.0 Å². The second kappa shape index (κ2) is 4.77. The molecule has 0 saturated heterocycles. The first-order valence-corrected chi connectivity index (χ1v) is 6.81. The van der Waals surface area contributed by atoms with E-state index in [9.17, 15) is 0 Å². The molecule has 0 bridgehead atoms. The van der Waals surface area contributed by atoms with Gasteiger partial charge in [-0.25, -0.2) is 4.98 Å². The average molecular weight is 238 g/mol. The van der Waals surface area contributed by atoms with Crippen LogP contribution in [0.4, 0.5) is 5.13 Å². The Balaban J connectivity index is 1.96. The number of hydrogen-bond donors (Lipinski definition) is 1. The van der Waals surface area contributed by atoms with E-state index < -0.39 is 0 Å². The summed E-state index contributed by atoms with van der Waals surface area (Å²) in [7, 11) is 0. The van der Waals surface area contributed by atoms with Gasteiger partial charge in [0.1, 0.15) is 0 Å².